The number of fused-ring (bicyclic) bond motifs is 1. The molecule has 0 aromatic carbocycles. The fourth-order valence-corrected chi connectivity index (χ4v) is 2.49. The van der Waals surface area contributed by atoms with Crippen LogP contribution in [-0.4, -0.2) is 21.5 Å². The minimum Gasteiger partial charge on any atom is -0.339 e. The first kappa shape index (κ1) is 9.77. The molecular weight excluding hydrogens is 196 g/mol. The van der Waals surface area contributed by atoms with Crippen LogP contribution in [0, 0.1) is 0 Å². The maximum absolute atomic E-state index is 11.5. The molecule has 1 N–H and O–H groups in total. The smallest absolute Gasteiger partial charge is 0.182 e. The number of rotatable bonds is 3. The van der Waals surface area contributed by atoms with Crippen molar-refractivity contribution < 1.29 is 4.79 Å². The van der Waals surface area contributed by atoms with Gasteiger partial charge in [-0.1, -0.05) is 13.3 Å². The Hall–Kier alpha value is -0.770. The van der Waals surface area contributed by atoms with E-state index in [-0.39, 0.29) is 5.78 Å². The summed E-state index contributed by atoms with van der Waals surface area (Å²) < 4.78 is 0. The van der Waals surface area contributed by atoms with Crippen LogP contribution in [0.25, 0.3) is 0 Å². The van der Waals surface area contributed by atoms with E-state index in [0.717, 1.165) is 41.6 Å². The Labute approximate surface area is 87.7 Å². The third-order valence-electron chi connectivity index (χ3n) is 2.33. The van der Waals surface area contributed by atoms with Crippen molar-refractivity contribution in [3.8, 4) is 0 Å². The molecule has 0 fully saturated rings. The van der Waals surface area contributed by atoms with Gasteiger partial charge in [0, 0.05) is 18.6 Å². The summed E-state index contributed by atoms with van der Waals surface area (Å²) in [5, 5.41) is 0.910. The third kappa shape index (κ3) is 1.85. The zero-order valence-corrected chi connectivity index (χ0v) is 9.12. The number of carbonyl (C=O) groups excluding carboxylic acids is 1. The van der Waals surface area contributed by atoms with Gasteiger partial charge in [-0.2, -0.15) is 0 Å². The molecule has 0 spiro atoms. The summed E-state index contributed by atoms with van der Waals surface area (Å²) in [6, 6.07) is 0. The van der Waals surface area contributed by atoms with Gasteiger partial charge in [0.2, 0.25) is 0 Å². The Morgan fingerprint density at radius 1 is 1.57 bits per heavy atom. The van der Waals surface area contributed by atoms with Crippen LogP contribution in [0.2, 0.25) is 0 Å². The first-order valence-corrected chi connectivity index (χ1v) is 6.04. The molecule has 3 nitrogen and oxygen atoms in total. The molecular formula is C10H14N2OS. The van der Waals surface area contributed by atoms with Crippen LogP contribution in [-0.2, 0) is 6.42 Å². The highest BCUT2D eigenvalue weighted by atomic mass is 32.2. The minimum atomic E-state index is 0.217. The van der Waals surface area contributed by atoms with Gasteiger partial charge in [-0.3, -0.25) is 4.79 Å². The summed E-state index contributed by atoms with van der Waals surface area (Å²) in [4.78, 5) is 19.1. The lowest BCUT2D eigenvalue weighted by atomic mass is 10.2. The quantitative estimate of drug-likeness (QED) is 0.833. The topological polar surface area (TPSA) is 45.8 Å². The monoisotopic (exact) mass is 210 g/mol. The van der Waals surface area contributed by atoms with Gasteiger partial charge in [0.25, 0.3) is 0 Å². The lowest BCUT2D eigenvalue weighted by Gasteiger charge is -2.05. The van der Waals surface area contributed by atoms with E-state index in [1.54, 1.807) is 11.8 Å². The molecule has 1 aromatic heterocycles. The van der Waals surface area contributed by atoms with Crippen LogP contribution < -0.4 is 0 Å². The number of H-pyrrole nitrogens is 1. The van der Waals surface area contributed by atoms with E-state index in [2.05, 4.69) is 16.9 Å². The number of imidazole rings is 1. The fraction of sp³-hybridized carbons (Fsp3) is 0.600. The molecule has 0 saturated heterocycles. The lowest BCUT2D eigenvalue weighted by Crippen LogP contribution is -2.07. The number of hydrogen-bond donors (Lipinski definition) is 1. The van der Waals surface area contributed by atoms with Gasteiger partial charge in [-0.25, -0.2) is 4.98 Å². The second-order valence-corrected chi connectivity index (χ2v) is 4.57. The third-order valence-corrected chi connectivity index (χ3v) is 3.31. The van der Waals surface area contributed by atoms with Gasteiger partial charge < -0.3 is 4.98 Å². The molecule has 1 aliphatic heterocycles. The maximum atomic E-state index is 11.5. The summed E-state index contributed by atoms with van der Waals surface area (Å²) in [6.07, 6.45) is 3.89. The number of unbranched alkanes of at least 4 members (excludes halogenated alkanes) is 1. The molecule has 0 atom stereocenters. The van der Waals surface area contributed by atoms with Crippen LogP contribution in [0.3, 0.4) is 0 Å². The van der Waals surface area contributed by atoms with E-state index in [1.807, 2.05) is 0 Å². The maximum Gasteiger partial charge on any atom is 0.182 e. The molecule has 0 unspecified atom stereocenters. The summed E-state index contributed by atoms with van der Waals surface area (Å²) in [5.74, 6) is 2.07. The van der Waals surface area contributed by atoms with Crippen molar-refractivity contribution in [1.82, 2.24) is 9.97 Å². The van der Waals surface area contributed by atoms with E-state index in [9.17, 15) is 4.79 Å². The van der Waals surface area contributed by atoms with Crippen molar-refractivity contribution in [2.24, 2.45) is 0 Å². The van der Waals surface area contributed by atoms with Gasteiger partial charge in [0.1, 0.15) is 16.5 Å². The Morgan fingerprint density at radius 3 is 3.14 bits per heavy atom. The molecule has 1 aromatic rings. The van der Waals surface area contributed by atoms with Crippen LogP contribution in [0.15, 0.2) is 5.03 Å². The average molecular weight is 210 g/mol. The molecule has 14 heavy (non-hydrogen) atoms. The van der Waals surface area contributed by atoms with Gasteiger partial charge in [-0.15, -0.1) is 11.8 Å². The highest BCUT2D eigenvalue weighted by molar-refractivity contribution is 7.99. The Bertz CT molecular complexity index is 346. The number of nitrogens with one attached hydrogen (secondary N) is 1. The Morgan fingerprint density at radius 2 is 2.43 bits per heavy atom. The largest absolute Gasteiger partial charge is 0.339 e. The molecule has 0 radical (unpaired) electrons. The van der Waals surface area contributed by atoms with E-state index in [1.165, 1.54) is 0 Å². The zero-order valence-electron chi connectivity index (χ0n) is 8.30. The van der Waals surface area contributed by atoms with Gasteiger partial charge >= 0.3 is 0 Å². The molecule has 2 rings (SSSR count). The summed E-state index contributed by atoms with van der Waals surface area (Å²) in [5.41, 5.74) is 0.743. The summed E-state index contributed by atoms with van der Waals surface area (Å²) in [7, 11) is 0. The highest BCUT2D eigenvalue weighted by Gasteiger charge is 2.21. The van der Waals surface area contributed by atoms with Crippen molar-refractivity contribution in [1.29, 1.82) is 0 Å². The SMILES string of the molecule is CCCCc1nc2c([nH]1)C(=O)CCS2. The van der Waals surface area contributed by atoms with Crippen molar-refractivity contribution in [2.45, 2.75) is 37.6 Å². The molecule has 76 valence electrons. The molecule has 0 bridgehead atoms. The number of carbonyl (C=O) groups is 1. The van der Waals surface area contributed by atoms with E-state index < -0.39 is 0 Å². The second-order valence-electron chi connectivity index (χ2n) is 3.49. The first-order chi connectivity index (χ1) is 6.81. The van der Waals surface area contributed by atoms with Gasteiger partial charge in [0.05, 0.1) is 0 Å². The van der Waals surface area contributed by atoms with E-state index >= 15 is 0 Å². The Kier molecular flexibility index (Phi) is 2.91. The van der Waals surface area contributed by atoms with Crippen LogP contribution in [0.4, 0.5) is 0 Å². The lowest BCUT2D eigenvalue weighted by molar-refractivity contribution is 0.0980. The minimum absolute atomic E-state index is 0.217. The van der Waals surface area contributed by atoms with Gasteiger partial charge in [0.15, 0.2) is 5.78 Å². The predicted octanol–water partition coefficient (Wildman–Crippen LogP) is 2.43. The van der Waals surface area contributed by atoms with Crippen molar-refractivity contribution in [2.75, 3.05) is 5.75 Å². The van der Waals surface area contributed by atoms with Crippen molar-refractivity contribution >= 4 is 17.5 Å². The first-order valence-electron chi connectivity index (χ1n) is 5.06. The van der Waals surface area contributed by atoms with Gasteiger partial charge in [-0.05, 0) is 6.42 Å². The standard InChI is InChI=1S/C10H14N2OS/c1-2-3-4-8-11-9-7(13)5-6-14-10(9)12-8/h2-6H2,1H3,(H,11,12). The number of thioether (sulfide) groups is 1. The zero-order chi connectivity index (χ0) is 9.97. The van der Waals surface area contributed by atoms with Crippen molar-refractivity contribution in [3.05, 3.63) is 11.5 Å². The van der Waals surface area contributed by atoms with E-state index in [4.69, 9.17) is 0 Å². The summed E-state index contributed by atoms with van der Waals surface area (Å²) in [6.45, 7) is 2.16. The molecule has 0 aliphatic carbocycles. The number of aromatic amines is 1. The number of ketones is 1. The second kappa shape index (κ2) is 4.17. The molecule has 0 amide bonds. The Balaban J connectivity index is 2.17. The van der Waals surface area contributed by atoms with Crippen molar-refractivity contribution in [3.63, 3.8) is 0 Å². The van der Waals surface area contributed by atoms with Crippen LogP contribution in [0.5, 0.6) is 0 Å². The molecule has 4 heteroatoms. The number of aryl methyl sites for hydroxylation is 1. The molecule has 0 saturated carbocycles. The molecule has 2 heterocycles. The number of Topliss-reactive ketones (excluding diaryl/α,β-unsaturated/α-hetero) is 1. The van der Waals surface area contributed by atoms with E-state index in [0.29, 0.717) is 6.42 Å². The highest BCUT2D eigenvalue weighted by Crippen LogP contribution is 2.27. The molecule has 1 aliphatic rings. The van der Waals surface area contributed by atoms with Crippen LogP contribution in [0.1, 0.15) is 42.5 Å². The predicted molar refractivity (Wildman–Crippen MR) is 56.9 cm³/mol. The normalized spacial score (nSPS) is 15.6. The number of aromatic nitrogens is 2. The summed E-state index contributed by atoms with van der Waals surface area (Å²) >= 11 is 1.68. The fourth-order valence-electron chi connectivity index (χ4n) is 1.53. The number of hydrogen-bond acceptors (Lipinski definition) is 3. The average Bonchev–Trinajstić information content (AvgIpc) is 2.59. The van der Waals surface area contributed by atoms with Crippen LogP contribution >= 0.6 is 11.8 Å². The number of nitrogens with zero attached hydrogens (tertiary/aromatic N) is 1.